The molecule has 1 unspecified atom stereocenters. The molecule has 6 heteroatoms. The maximum atomic E-state index is 5.76. The van der Waals surface area contributed by atoms with E-state index < -0.39 is 5.79 Å². The van der Waals surface area contributed by atoms with Crippen LogP contribution in [0.3, 0.4) is 0 Å². The third kappa shape index (κ3) is 3.47. The molecule has 2 aromatic heterocycles. The molecule has 1 fully saturated rings. The van der Waals surface area contributed by atoms with Crippen molar-refractivity contribution in [3.63, 3.8) is 0 Å². The van der Waals surface area contributed by atoms with Gasteiger partial charge in [-0.25, -0.2) is 0 Å². The minimum absolute atomic E-state index is 0.0914. The van der Waals surface area contributed by atoms with Crippen molar-refractivity contribution >= 4 is 0 Å². The lowest BCUT2D eigenvalue weighted by atomic mass is 10.1. The zero-order chi connectivity index (χ0) is 14.7. The molecule has 0 aromatic carbocycles. The second kappa shape index (κ2) is 5.93. The quantitative estimate of drug-likeness (QED) is 0.876. The van der Waals surface area contributed by atoms with Gasteiger partial charge in [-0.15, -0.1) is 0 Å². The van der Waals surface area contributed by atoms with Crippen LogP contribution in [0.15, 0.2) is 30.7 Å². The standard InChI is InChI=1S/C15H20N4O2/c1-15(2)20-10-13(21-15)9-17-7-12-8-18-19-14(12)11-4-3-5-16-6-11/h3-6,8,13,17H,7,9-10H2,1-2H3,(H,18,19). The van der Waals surface area contributed by atoms with E-state index >= 15 is 0 Å². The highest BCUT2D eigenvalue weighted by molar-refractivity contribution is 5.61. The highest BCUT2D eigenvalue weighted by atomic mass is 16.7. The molecule has 0 spiro atoms. The van der Waals surface area contributed by atoms with Crippen LogP contribution in [0, 0.1) is 0 Å². The van der Waals surface area contributed by atoms with Gasteiger partial charge >= 0.3 is 0 Å². The average Bonchev–Trinajstić information content (AvgIpc) is 3.06. The van der Waals surface area contributed by atoms with E-state index in [4.69, 9.17) is 9.47 Å². The van der Waals surface area contributed by atoms with Gasteiger partial charge in [-0.05, 0) is 26.0 Å². The maximum absolute atomic E-state index is 5.76. The Morgan fingerprint density at radius 3 is 3.05 bits per heavy atom. The van der Waals surface area contributed by atoms with E-state index in [1.54, 1.807) is 6.20 Å². The van der Waals surface area contributed by atoms with Crippen LogP contribution >= 0.6 is 0 Å². The predicted octanol–water partition coefficient (Wildman–Crippen LogP) is 1.71. The van der Waals surface area contributed by atoms with Crippen molar-refractivity contribution in [1.29, 1.82) is 0 Å². The van der Waals surface area contributed by atoms with Gasteiger partial charge in [0.1, 0.15) is 0 Å². The molecule has 2 N–H and O–H groups in total. The summed E-state index contributed by atoms with van der Waals surface area (Å²) in [4.78, 5) is 4.14. The Labute approximate surface area is 123 Å². The molecule has 3 heterocycles. The summed E-state index contributed by atoms with van der Waals surface area (Å²) in [5.41, 5.74) is 3.15. The second-order valence-corrected chi connectivity index (χ2v) is 5.59. The number of pyridine rings is 1. The van der Waals surface area contributed by atoms with Gasteiger partial charge < -0.3 is 14.8 Å². The first-order chi connectivity index (χ1) is 10.1. The van der Waals surface area contributed by atoms with Crippen molar-refractivity contribution in [3.8, 4) is 11.3 Å². The predicted molar refractivity (Wildman–Crippen MR) is 78.4 cm³/mol. The van der Waals surface area contributed by atoms with Crippen molar-refractivity contribution in [2.45, 2.75) is 32.3 Å². The van der Waals surface area contributed by atoms with Crippen molar-refractivity contribution in [1.82, 2.24) is 20.5 Å². The molecule has 112 valence electrons. The second-order valence-electron chi connectivity index (χ2n) is 5.59. The molecule has 0 amide bonds. The zero-order valence-corrected chi connectivity index (χ0v) is 12.3. The summed E-state index contributed by atoms with van der Waals surface area (Å²) in [7, 11) is 0. The first-order valence-corrected chi connectivity index (χ1v) is 7.09. The van der Waals surface area contributed by atoms with Crippen molar-refractivity contribution < 1.29 is 9.47 Å². The molecule has 0 bridgehead atoms. The van der Waals surface area contributed by atoms with Gasteiger partial charge in [-0.2, -0.15) is 5.10 Å². The zero-order valence-electron chi connectivity index (χ0n) is 12.3. The van der Waals surface area contributed by atoms with Crippen molar-refractivity contribution in [3.05, 3.63) is 36.3 Å². The molecule has 1 saturated heterocycles. The summed E-state index contributed by atoms with van der Waals surface area (Å²) >= 11 is 0. The van der Waals surface area contributed by atoms with Crippen LogP contribution in [0.25, 0.3) is 11.3 Å². The summed E-state index contributed by atoms with van der Waals surface area (Å²) in [5, 5.41) is 10.5. The van der Waals surface area contributed by atoms with Crippen LogP contribution in [0.4, 0.5) is 0 Å². The summed E-state index contributed by atoms with van der Waals surface area (Å²) in [6.07, 6.45) is 5.52. The van der Waals surface area contributed by atoms with E-state index in [-0.39, 0.29) is 6.10 Å². The average molecular weight is 288 g/mol. The van der Waals surface area contributed by atoms with Crippen molar-refractivity contribution in [2.75, 3.05) is 13.2 Å². The fourth-order valence-corrected chi connectivity index (χ4v) is 2.44. The molecule has 21 heavy (non-hydrogen) atoms. The van der Waals surface area contributed by atoms with Crippen LogP contribution in [-0.2, 0) is 16.0 Å². The largest absolute Gasteiger partial charge is 0.348 e. The smallest absolute Gasteiger partial charge is 0.163 e. The number of rotatable bonds is 5. The van der Waals surface area contributed by atoms with Crippen LogP contribution in [-0.4, -0.2) is 40.2 Å². The van der Waals surface area contributed by atoms with Gasteiger partial charge in [0.15, 0.2) is 5.79 Å². The number of ether oxygens (including phenoxy) is 2. The third-order valence-electron chi connectivity index (χ3n) is 3.42. The monoisotopic (exact) mass is 288 g/mol. The third-order valence-corrected chi connectivity index (χ3v) is 3.42. The van der Waals surface area contributed by atoms with E-state index in [0.717, 1.165) is 29.9 Å². The molecule has 0 saturated carbocycles. The van der Waals surface area contributed by atoms with Gasteiger partial charge in [-0.3, -0.25) is 10.1 Å². The maximum Gasteiger partial charge on any atom is 0.163 e. The Kier molecular flexibility index (Phi) is 4.01. The molecule has 3 rings (SSSR count). The lowest BCUT2D eigenvalue weighted by molar-refractivity contribution is -0.137. The Morgan fingerprint density at radius 2 is 2.33 bits per heavy atom. The lowest BCUT2D eigenvalue weighted by Gasteiger charge is -2.17. The Bertz CT molecular complexity index is 582. The Hall–Kier alpha value is -1.76. The first-order valence-electron chi connectivity index (χ1n) is 7.09. The molecule has 6 nitrogen and oxygen atoms in total. The van der Waals surface area contributed by atoms with Gasteiger partial charge in [0.05, 0.1) is 24.6 Å². The van der Waals surface area contributed by atoms with Crippen LogP contribution < -0.4 is 5.32 Å². The number of nitrogens with one attached hydrogen (secondary N) is 2. The van der Waals surface area contributed by atoms with Gasteiger partial charge in [0.2, 0.25) is 0 Å². The summed E-state index contributed by atoms with van der Waals surface area (Å²) in [5.74, 6) is -0.469. The molecular formula is C15H20N4O2. The lowest BCUT2D eigenvalue weighted by Crippen LogP contribution is -2.30. The SMILES string of the molecule is CC1(C)OCC(CNCc2cn[nH]c2-c2cccnc2)O1. The molecule has 1 atom stereocenters. The van der Waals surface area contributed by atoms with E-state index in [1.807, 2.05) is 38.4 Å². The fraction of sp³-hybridized carbons (Fsp3) is 0.467. The summed E-state index contributed by atoms with van der Waals surface area (Å²) in [6.45, 7) is 5.97. The number of aromatic nitrogens is 3. The topological polar surface area (TPSA) is 72.1 Å². The molecule has 0 radical (unpaired) electrons. The Balaban J connectivity index is 1.56. The Morgan fingerprint density at radius 1 is 1.43 bits per heavy atom. The van der Waals surface area contributed by atoms with Crippen LogP contribution in [0.2, 0.25) is 0 Å². The fourth-order valence-electron chi connectivity index (χ4n) is 2.44. The summed E-state index contributed by atoms with van der Waals surface area (Å²) < 4.78 is 11.3. The van der Waals surface area contributed by atoms with Gasteiger partial charge in [-0.1, -0.05) is 0 Å². The first kappa shape index (κ1) is 14.2. The molecular weight excluding hydrogens is 268 g/mol. The highest BCUT2D eigenvalue weighted by Crippen LogP contribution is 2.22. The minimum atomic E-state index is -0.469. The number of hydrogen-bond acceptors (Lipinski definition) is 5. The van der Waals surface area contributed by atoms with Gasteiger partial charge in [0.25, 0.3) is 0 Å². The molecule has 0 aliphatic carbocycles. The van der Waals surface area contributed by atoms with Gasteiger partial charge in [0, 0.05) is 36.6 Å². The van der Waals surface area contributed by atoms with E-state index in [2.05, 4.69) is 20.5 Å². The van der Waals surface area contributed by atoms with Crippen LogP contribution in [0.1, 0.15) is 19.4 Å². The van der Waals surface area contributed by atoms with E-state index in [9.17, 15) is 0 Å². The summed E-state index contributed by atoms with van der Waals surface area (Å²) in [6, 6.07) is 3.93. The molecule has 2 aromatic rings. The van der Waals surface area contributed by atoms with Crippen LogP contribution in [0.5, 0.6) is 0 Å². The molecule has 1 aliphatic heterocycles. The van der Waals surface area contributed by atoms with E-state index in [0.29, 0.717) is 6.61 Å². The van der Waals surface area contributed by atoms with E-state index in [1.165, 1.54) is 0 Å². The molecule has 1 aliphatic rings. The highest BCUT2D eigenvalue weighted by Gasteiger charge is 2.32. The van der Waals surface area contributed by atoms with Crippen molar-refractivity contribution in [2.24, 2.45) is 0 Å². The number of aromatic amines is 1. The number of H-pyrrole nitrogens is 1. The normalized spacial score (nSPS) is 20.8. The number of hydrogen-bond donors (Lipinski definition) is 2. The minimum Gasteiger partial charge on any atom is -0.348 e. The number of nitrogens with zero attached hydrogens (tertiary/aromatic N) is 2.